The second-order valence-corrected chi connectivity index (χ2v) is 7.15. The zero-order chi connectivity index (χ0) is 23.7. The maximum atomic E-state index is 14.5. The number of pyridine rings is 1. The number of nitrogens with zero attached hydrogens (tertiary/aromatic N) is 3. The molecule has 0 saturated carbocycles. The predicted molar refractivity (Wildman–Crippen MR) is 121 cm³/mol. The highest BCUT2D eigenvalue weighted by Crippen LogP contribution is 2.35. The minimum atomic E-state index is -1.40. The molecule has 0 spiro atoms. The lowest BCUT2D eigenvalue weighted by atomic mass is 10.00. The highest BCUT2D eigenvalue weighted by atomic mass is 19.1. The van der Waals surface area contributed by atoms with Crippen molar-refractivity contribution in [1.82, 2.24) is 9.99 Å². The molecule has 0 fully saturated rings. The maximum absolute atomic E-state index is 14.5. The van der Waals surface area contributed by atoms with E-state index in [1.165, 1.54) is 19.2 Å². The molecule has 0 radical (unpaired) electrons. The Balaban J connectivity index is 1.93. The van der Waals surface area contributed by atoms with Gasteiger partial charge in [0.2, 0.25) is 0 Å². The first-order valence-corrected chi connectivity index (χ1v) is 9.79. The Hall–Kier alpha value is -4.53. The normalized spacial score (nSPS) is 10.8. The Kier molecular flexibility index (Phi) is 5.61. The van der Waals surface area contributed by atoms with Crippen LogP contribution in [0.2, 0.25) is 0 Å². The number of rotatable bonds is 3. The van der Waals surface area contributed by atoms with Crippen LogP contribution in [0.25, 0.3) is 22.2 Å². The molecule has 9 heteroatoms. The van der Waals surface area contributed by atoms with Gasteiger partial charge in [0.1, 0.15) is 11.6 Å². The summed E-state index contributed by atoms with van der Waals surface area (Å²) in [6.45, 7) is 0. The molecule has 0 saturated heterocycles. The van der Waals surface area contributed by atoms with E-state index in [-0.39, 0.29) is 28.2 Å². The lowest BCUT2D eigenvalue weighted by Gasteiger charge is -2.30. The third-order valence-electron chi connectivity index (χ3n) is 5.10. The summed E-state index contributed by atoms with van der Waals surface area (Å²) in [6, 6.07) is 17.4. The van der Waals surface area contributed by atoms with Crippen LogP contribution in [0.5, 0.6) is 0 Å². The fourth-order valence-electron chi connectivity index (χ4n) is 3.58. The monoisotopic (exact) mass is 448 g/mol. The molecule has 0 aliphatic heterocycles. The van der Waals surface area contributed by atoms with Crippen LogP contribution in [0.4, 0.5) is 25.0 Å². The van der Waals surface area contributed by atoms with Gasteiger partial charge in [-0.25, -0.2) is 23.6 Å². The molecule has 1 aromatic heterocycles. The van der Waals surface area contributed by atoms with Crippen molar-refractivity contribution in [3.05, 3.63) is 90.0 Å². The van der Waals surface area contributed by atoms with Crippen molar-refractivity contribution in [3.8, 4) is 11.3 Å². The Labute approximate surface area is 187 Å². The van der Waals surface area contributed by atoms with Gasteiger partial charge in [0.25, 0.3) is 5.91 Å². The van der Waals surface area contributed by atoms with E-state index >= 15 is 0 Å². The van der Waals surface area contributed by atoms with Gasteiger partial charge in [-0.2, -0.15) is 5.01 Å². The molecule has 3 aromatic carbocycles. The first kappa shape index (κ1) is 21.7. The summed E-state index contributed by atoms with van der Waals surface area (Å²) in [7, 11) is 1.28. The van der Waals surface area contributed by atoms with Crippen LogP contribution in [0.3, 0.4) is 0 Å². The average Bonchev–Trinajstić information content (AvgIpc) is 2.80. The first-order valence-electron chi connectivity index (χ1n) is 9.79. The van der Waals surface area contributed by atoms with Crippen molar-refractivity contribution in [2.24, 2.45) is 0 Å². The van der Waals surface area contributed by atoms with Gasteiger partial charge < -0.3 is 10.8 Å². The molecule has 0 aliphatic carbocycles. The summed E-state index contributed by atoms with van der Waals surface area (Å²) in [5.74, 6) is -2.24. The molecular weight excluding hydrogens is 430 g/mol. The summed E-state index contributed by atoms with van der Waals surface area (Å²) in [5.41, 5.74) is 6.21. The number of nitrogens with two attached hydrogens (primary N) is 1. The molecule has 166 valence electrons. The maximum Gasteiger partial charge on any atom is 0.431 e. The van der Waals surface area contributed by atoms with Gasteiger partial charge in [0.15, 0.2) is 0 Å². The van der Waals surface area contributed by atoms with Gasteiger partial charge in [-0.1, -0.05) is 36.4 Å². The second kappa shape index (κ2) is 8.54. The molecule has 0 aliphatic rings. The molecule has 2 amide bonds. The van der Waals surface area contributed by atoms with Crippen LogP contribution in [-0.2, 0) is 0 Å². The highest BCUT2D eigenvalue weighted by molar-refractivity contribution is 6.14. The number of fused-ring (bicyclic) bond motifs is 1. The number of hydrogen-bond donors (Lipinski definition) is 2. The molecule has 0 bridgehead atoms. The van der Waals surface area contributed by atoms with Crippen molar-refractivity contribution in [2.75, 3.05) is 17.8 Å². The summed E-state index contributed by atoms with van der Waals surface area (Å²) in [4.78, 5) is 29.9. The number of halogens is 2. The average molecular weight is 448 g/mol. The summed E-state index contributed by atoms with van der Waals surface area (Å²) in [6.07, 6.45) is -1.40. The molecule has 4 rings (SSSR count). The lowest BCUT2D eigenvalue weighted by Crippen LogP contribution is -2.47. The summed E-state index contributed by atoms with van der Waals surface area (Å²) < 4.78 is 28.4. The topological polar surface area (TPSA) is 99.8 Å². The third kappa shape index (κ3) is 3.91. The van der Waals surface area contributed by atoms with Crippen molar-refractivity contribution in [2.45, 2.75) is 0 Å². The van der Waals surface area contributed by atoms with Gasteiger partial charge in [-0.05, 0) is 36.4 Å². The quantitative estimate of drug-likeness (QED) is 0.433. The van der Waals surface area contributed by atoms with E-state index in [2.05, 4.69) is 4.98 Å². The van der Waals surface area contributed by atoms with Gasteiger partial charge in [-0.3, -0.25) is 4.79 Å². The van der Waals surface area contributed by atoms with Crippen molar-refractivity contribution in [3.63, 3.8) is 0 Å². The van der Waals surface area contributed by atoms with Gasteiger partial charge >= 0.3 is 6.09 Å². The molecule has 7 nitrogen and oxygen atoms in total. The standard InChI is InChI=1S/C24H18F2N4O3/c1-29(30(24(32)33)15-7-3-2-4-8-15)23(31)20-16-9-5-6-10-19(16)28-22(21(20)27)17-13-14(25)11-12-18(17)26/h2-13H,27H2,1H3,(H,32,33). The number of benzene rings is 3. The molecular formula is C24H18F2N4O3. The van der Waals surface area contributed by atoms with E-state index in [1.807, 2.05) is 0 Å². The van der Waals surface area contributed by atoms with Crippen LogP contribution in [0.15, 0.2) is 72.8 Å². The Morgan fingerprint density at radius 1 is 0.970 bits per heavy atom. The van der Waals surface area contributed by atoms with E-state index in [4.69, 9.17) is 5.73 Å². The lowest BCUT2D eigenvalue weighted by molar-refractivity contribution is 0.0772. The SMILES string of the molecule is CN(C(=O)c1c(N)c(-c2cc(F)ccc2F)nc2ccccc12)N(C(=O)O)c1ccccc1. The van der Waals surface area contributed by atoms with E-state index in [0.717, 1.165) is 28.2 Å². The Morgan fingerprint density at radius 2 is 1.64 bits per heavy atom. The second-order valence-electron chi connectivity index (χ2n) is 7.15. The number of carbonyl (C=O) groups is 2. The molecule has 3 N–H and O–H groups in total. The molecule has 0 unspecified atom stereocenters. The number of carbonyl (C=O) groups excluding carboxylic acids is 1. The smallest absolute Gasteiger partial charge is 0.431 e. The van der Waals surface area contributed by atoms with Crippen LogP contribution < -0.4 is 10.7 Å². The zero-order valence-corrected chi connectivity index (χ0v) is 17.4. The molecule has 4 aromatic rings. The number of anilines is 2. The molecule has 33 heavy (non-hydrogen) atoms. The Morgan fingerprint density at radius 3 is 2.33 bits per heavy atom. The van der Waals surface area contributed by atoms with E-state index in [9.17, 15) is 23.5 Å². The van der Waals surface area contributed by atoms with E-state index < -0.39 is 23.6 Å². The number of aromatic nitrogens is 1. The van der Waals surface area contributed by atoms with Crippen molar-refractivity contribution in [1.29, 1.82) is 0 Å². The molecule has 1 heterocycles. The number of hydrazine groups is 1. The fraction of sp³-hybridized carbons (Fsp3) is 0.0417. The first-order chi connectivity index (χ1) is 15.8. The molecule has 0 atom stereocenters. The number of hydrogen-bond acceptors (Lipinski definition) is 4. The van der Waals surface area contributed by atoms with Crippen LogP contribution in [0, 0.1) is 11.6 Å². The van der Waals surface area contributed by atoms with Crippen LogP contribution in [0.1, 0.15) is 10.4 Å². The van der Waals surface area contributed by atoms with E-state index in [0.29, 0.717) is 10.9 Å². The largest absolute Gasteiger partial charge is 0.463 e. The minimum Gasteiger partial charge on any atom is -0.463 e. The number of amides is 2. The number of para-hydroxylation sites is 2. The summed E-state index contributed by atoms with van der Waals surface area (Å²) in [5, 5.41) is 11.8. The predicted octanol–water partition coefficient (Wildman–Crippen LogP) is 4.93. The van der Waals surface area contributed by atoms with Gasteiger partial charge in [0.05, 0.1) is 28.1 Å². The van der Waals surface area contributed by atoms with E-state index in [1.54, 1.807) is 42.5 Å². The Bertz CT molecular complexity index is 1380. The van der Waals surface area contributed by atoms with Crippen LogP contribution >= 0.6 is 0 Å². The minimum absolute atomic E-state index is 0.0797. The van der Waals surface area contributed by atoms with Crippen LogP contribution in [-0.4, -0.2) is 34.1 Å². The van der Waals surface area contributed by atoms with Gasteiger partial charge in [-0.15, -0.1) is 0 Å². The summed E-state index contributed by atoms with van der Waals surface area (Å²) >= 11 is 0. The number of carboxylic acid groups (broad SMARTS) is 1. The fourth-order valence-corrected chi connectivity index (χ4v) is 3.58. The van der Waals surface area contributed by atoms with Crippen molar-refractivity contribution >= 4 is 34.3 Å². The van der Waals surface area contributed by atoms with Crippen molar-refractivity contribution < 1.29 is 23.5 Å². The zero-order valence-electron chi connectivity index (χ0n) is 17.4. The number of nitrogen functional groups attached to an aromatic ring is 1. The van der Waals surface area contributed by atoms with Gasteiger partial charge in [0, 0.05) is 18.0 Å². The highest BCUT2D eigenvalue weighted by Gasteiger charge is 2.29. The third-order valence-corrected chi connectivity index (χ3v) is 5.10.